The van der Waals surface area contributed by atoms with Gasteiger partial charge in [-0.3, -0.25) is 0 Å². The van der Waals surface area contributed by atoms with E-state index in [0.29, 0.717) is 5.88 Å². The number of hydrogen-bond acceptors (Lipinski definition) is 4. The van der Waals surface area contributed by atoms with Crippen LogP contribution in [0.1, 0.15) is 17.8 Å². The Morgan fingerprint density at radius 1 is 1.15 bits per heavy atom. The van der Waals surface area contributed by atoms with Gasteiger partial charge in [-0.15, -0.1) is 0 Å². The molecule has 3 aromatic rings. The predicted molar refractivity (Wildman–Crippen MR) is 110 cm³/mol. The number of benzene rings is 1. The number of aryl methyl sites for hydroxylation is 2. The van der Waals surface area contributed by atoms with Crippen molar-refractivity contribution in [2.45, 2.75) is 13.3 Å². The lowest BCUT2D eigenvalue weighted by Crippen LogP contribution is -2.20. The fraction of sp³-hybridized carbons (Fsp3) is 0.227. The van der Waals surface area contributed by atoms with Crippen molar-refractivity contribution in [3.63, 3.8) is 0 Å². The molecule has 0 aliphatic carbocycles. The summed E-state index contributed by atoms with van der Waals surface area (Å²) in [6, 6.07) is 13.8. The second-order valence-electron chi connectivity index (χ2n) is 6.85. The van der Waals surface area contributed by atoms with Gasteiger partial charge in [-0.2, -0.15) is 0 Å². The van der Waals surface area contributed by atoms with Gasteiger partial charge in [0.25, 0.3) is 0 Å². The topological polar surface area (TPSA) is 65.1 Å². The lowest BCUT2D eigenvalue weighted by molar-refractivity contribution is 0.462. The molecule has 5 nitrogen and oxygen atoms in total. The van der Waals surface area contributed by atoms with E-state index in [1.807, 2.05) is 43.5 Å². The van der Waals surface area contributed by atoms with Crippen molar-refractivity contribution >= 4 is 11.3 Å². The summed E-state index contributed by atoms with van der Waals surface area (Å²) in [7, 11) is 2.05. The molecular formula is C22H24N4O. The fourth-order valence-electron chi connectivity index (χ4n) is 3.56. The molecule has 0 bridgehead atoms. The number of ether oxygens (including phenoxy) is 1. The summed E-state index contributed by atoms with van der Waals surface area (Å²) in [4.78, 5) is 4.38. The molecule has 3 heterocycles. The lowest BCUT2D eigenvalue weighted by Gasteiger charge is -2.17. The van der Waals surface area contributed by atoms with Gasteiger partial charge in [0, 0.05) is 37.1 Å². The minimum absolute atomic E-state index is 0.600. The van der Waals surface area contributed by atoms with Crippen LogP contribution in [0.3, 0.4) is 0 Å². The molecule has 0 atom stereocenters. The standard InChI is InChI=1S/C22H24N4O/c1-15-4-3-5-20(25-15)27-18-8-6-16(7-9-18)21-19(23)14-26(2)22(21)17-10-12-24-13-11-17/h3-10,14,24H,11-13,23H2,1-2H3. The fourth-order valence-corrected chi connectivity index (χ4v) is 3.56. The van der Waals surface area contributed by atoms with Crippen LogP contribution in [0, 0.1) is 6.92 Å². The van der Waals surface area contributed by atoms with E-state index >= 15 is 0 Å². The van der Waals surface area contributed by atoms with Gasteiger partial charge in [-0.05, 0) is 49.2 Å². The van der Waals surface area contributed by atoms with Gasteiger partial charge in [-0.25, -0.2) is 4.98 Å². The van der Waals surface area contributed by atoms with Gasteiger partial charge in [-0.1, -0.05) is 24.3 Å². The molecule has 1 aliphatic heterocycles. The maximum absolute atomic E-state index is 6.35. The Morgan fingerprint density at radius 3 is 2.67 bits per heavy atom. The molecule has 138 valence electrons. The molecule has 0 amide bonds. The zero-order valence-corrected chi connectivity index (χ0v) is 15.7. The molecule has 3 N–H and O–H groups in total. The van der Waals surface area contributed by atoms with E-state index < -0.39 is 0 Å². The van der Waals surface area contributed by atoms with Crippen molar-refractivity contribution in [3.8, 4) is 22.8 Å². The lowest BCUT2D eigenvalue weighted by atomic mass is 9.97. The van der Waals surface area contributed by atoms with E-state index in [4.69, 9.17) is 10.5 Å². The quantitative estimate of drug-likeness (QED) is 0.734. The number of pyridine rings is 1. The van der Waals surface area contributed by atoms with Gasteiger partial charge in [0.1, 0.15) is 5.75 Å². The van der Waals surface area contributed by atoms with Crippen molar-refractivity contribution in [2.75, 3.05) is 18.8 Å². The first-order valence-corrected chi connectivity index (χ1v) is 9.18. The van der Waals surface area contributed by atoms with E-state index in [1.54, 1.807) is 0 Å². The Morgan fingerprint density at radius 2 is 1.96 bits per heavy atom. The zero-order chi connectivity index (χ0) is 18.8. The van der Waals surface area contributed by atoms with E-state index in [1.165, 1.54) is 11.3 Å². The Bertz CT molecular complexity index is 986. The van der Waals surface area contributed by atoms with Crippen LogP contribution in [0.2, 0.25) is 0 Å². The normalized spacial score (nSPS) is 14.1. The average Bonchev–Trinajstić information content (AvgIpc) is 2.97. The molecule has 0 fully saturated rings. The number of anilines is 1. The number of nitrogens with zero attached hydrogens (tertiary/aromatic N) is 2. The van der Waals surface area contributed by atoms with Crippen molar-refractivity contribution in [3.05, 3.63) is 66.1 Å². The molecule has 1 aromatic carbocycles. The van der Waals surface area contributed by atoms with E-state index in [0.717, 1.165) is 47.8 Å². The van der Waals surface area contributed by atoms with Gasteiger partial charge in [0.15, 0.2) is 0 Å². The van der Waals surface area contributed by atoms with Crippen molar-refractivity contribution in [2.24, 2.45) is 7.05 Å². The van der Waals surface area contributed by atoms with E-state index in [-0.39, 0.29) is 0 Å². The maximum atomic E-state index is 6.35. The second-order valence-corrected chi connectivity index (χ2v) is 6.85. The summed E-state index contributed by atoms with van der Waals surface area (Å²) in [6.45, 7) is 3.84. The van der Waals surface area contributed by atoms with Gasteiger partial charge < -0.3 is 20.4 Å². The number of hydrogen-bond donors (Lipinski definition) is 2. The molecule has 1 aliphatic rings. The Balaban J connectivity index is 1.65. The van der Waals surface area contributed by atoms with Crippen LogP contribution in [0.5, 0.6) is 11.6 Å². The highest BCUT2D eigenvalue weighted by Gasteiger charge is 2.18. The number of nitrogens with two attached hydrogens (primary N) is 1. The van der Waals surface area contributed by atoms with Crippen molar-refractivity contribution in [1.82, 2.24) is 14.9 Å². The Kier molecular flexibility index (Phi) is 4.69. The average molecular weight is 360 g/mol. The summed E-state index contributed by atoms with van der Waals surface area (Å²) in [5, 5.41) is 3.37. The number of rotatable bonds is 4. The highest BCUT2D eigenvalue weighted by Crippen LogP contribution is 2.37. The molecular weight excluding hydrogens is 336 g/mol. The zero-order valence-electron chi connectivity index (χ0n) is 15.7. The Labute approximate surface area is 159 Å². The third kappa shape index (κ3) is 3.59. The first kappa shape index (κ1) is 17.4. The van der Waals surface area contributed by atoms with E-state index in [2.05, 4.69) is 40.1 Å². The van der Waals surface area contributed by atoms with Crippen molar-refractivity contribution in [1.29, 1.82) is 0 Å². The molecule has 5 heteroatoms. The smallest absolute Gasteiger partial charge is 0.219 e. The highest BCUT2D eigenvalue weighted by molar-refractivity contribution is 5.88. The molecule has 0 saturated carbocycles. The van der Waals surface area contributed by atoms with Crippen LogP contribution in [0.4, 0.5) is 5.69 Å². The third-order valence-electron chi connectivity index (χ3n) is 4.81. The van der Waals surface area contributed by atoms with Gasteiger partial charge in [0.2, 0.25) is 5.88 Å². The van der Waals surface area contributed by atoms with Crippen molar-refractivity contribution < 1.29 is 4.74 Å². The number of aromatic nitrogens is 2. The molecule has 4 rings (SSSR count). The maximum Gasteiger partial charge on any atom is 0.219 e. The van der Waals surface area contributed by atoms with Crippen LogP contribution in [-0.4, -0.2) is 22.6 Å². The predicted octanol–water partition coefficient (Wildman–Crippen LogP) is 4.15. The summed E-state index contributed by atoms with van der Waals surface area (Å²) < 4.78 is 7.99. The SMILES string of the molecule is Cc1cccc(Oc2ccc(-c3c(N)cn(C)c3C3=CCNCC3)cc2)n1. The first-order valence-electron chi connectivity index (χ1n) is 9.18. The molecule has 27 heavy (non-hydrogen) atoms. The summed E-state index contributed by atoms with van der Waals surface area (Å²) in [5.74, 6) is 1.36. The monoisotopic (exact) mass is 360 g/mol. The second kappa shape index (κ2) is 7.29. The van der Waals surface area contributed by atoms with E-state index in [9.17, 15) is 0 Å². The number of nitrogens with one attached hydrogen (secondary N) is 1. The first-order chi connectivity index (χ1) is 13.1. The van der Waals surface area contributed by atoms with Crippen LogP contribution >= 0.6 is 0 Å². The van der Waals surface area contributed by atoms with Gasteiger partial charge >= 0.3 is 0 Å². The highest BCUT2D eigenvalue weighted by atomic mass is 16.5. The Hall–Kier alpha value is -3.05. The largest absolute Gasteiger partial charge is 0.439 e. The number of nitrogen functional groups attached to an aromatic ring is 1. The van der Waals surface area contributed by atoms with Crippen LogP contribution < -0.4 is 15.8 Å². The molecule has 0 spiro atoms. The summed E-state index contributed by atoms with van der Waals surface area (Å²) in [5.41, 5.74) is 12.8. The van der Waals surface area contributed by atoms with Crippen LogP contribution in [-0.2, 0) is 7.05 Å². The minimum atomic E-state index is 0.600. The minimum Gasteiger partial charge on any atom is -0.439 e. The molecule has 0 saturated heterocycles. The van der Waals surface area contributed by atoms with Gasteiger partial charge in [0.05, 0.1) is 11.4 Å². The summed E-state index contributed by atoms with van der Waals surface area (Å²) in [6.07, 6.45) is 5.25. The summed E-state index contributed by atoms with van der Waals surface area (Å²) >= 11 is 0. The van der Waals surface area contributed by atoms with Crippen LogP contribution in [0.25, 0.3) is 16.7 Å². The van der Waals surface area contributed by atoms with Crippen LogP contribution in [0.15, 0.2) is 54.7 Å². The molecule has 2 aromatic heterocycles. The molecule has 0 radical (unpaired) electrons. The molecule has 0 unspecified atom stereocenters. The third-order valence-corrected chi connectivity index (χ3v) is 4.81.